The Hall–Kier alpha value is -1.84. The molecule has 0 N–H and O–H groups in total. The van der Waals surface area contributed by atoms with Crippen molar-refractivity contribution in [2.24, 2.45) is 0 Å². The third kappa shape index (κ3) is 1.67. The molecule has 3 heterocycles. The quantitative estimate of drug-likeness (QED) is 0.780. The molecule has 0 saturated carbocycles. The van der Waals surface area contributed by atoms with Gasteiger partial charge in [-0.1, -0.05) is 0 Å². The van der Waals surface area contributed by atoms with Gasteiger partial charge >= 0.3 is 0 Å². The summed E-state index contributed by atoms with van der Waals surface area (Å²) in [7, 11) is 0. The molecule has 0 aromatic heterocycles. The Morgan fingerprint density at radius 3 is 2.55 bits per heavy atom. The molecule has 0 radical (unpaired) electrons. The number of hydrogen-bond acceptors (Lipinski definition) is 2. The highest BCUT2D eigenvalue weighted by atomic mass is 16.2. The van der Waals surface area contributed by atoms with Gasteiger partial charge in [-0.2, -0.15) is 0 Å². The summed E-state index contributed by atoms with van der Waals surface area (Å²) in [6, 6.07) is 3.97. The Balaban J connectivity index is 1.75. The van der Waals surface area contributed by atoms with Crippen molar-refractivity contribution < 1.29 is 9.59 Å². The van der Waals surface area contributed by atoms with Gasteiger partial charge in [0.2, 0.25) is 5.91 Å². The fraction of sp³-hybridized carbons (Fsp3) is 0.500. The van der Waals surface area contributed by atoms with Crippen molar-refractivity contribution >= 4 is 17.5 Å². The molecule has 4 nitrogen and oxygen atoms in total. The summed E-state index contributed by atoms with van der Waals surface area (Å²) in [6.45, 7) is 2.57. The first-order valence-electron chi connectivity index (χ1n) is 7.49. The third-order valence-corrected chi connectivity index (χ3v) is 4.65. The van der Waals surface area contributed by atoms with Crippen molar-refractivity contribution in [3.05, 3.63) is 28.8 Å². The van der Waals surface area contributed by atoms with Crippen LogP contribution in [0.4, 0.5) is 5.69 Å². The van der Waals surface area contributed by atoms with Crippen LogP contribution in [0.3, 0.4) is 0 Å². The Kier molecular flexibility index (Phi) is 2.59. The van der Waals surface area contributed by atoms with Gasteiger partial charge in [0.15, 0.2) is 0 Å². The first kappa shape index (κ1) is 11.9. The van der Waals surface area contributed by atoms with Gasteiger partial charge in [-0.3, -0.25) is 9.59 Å². The SMILES string of the molecule is O=C(c1cc2c3c(c1)CC(=O)N3CCC2)N1CCCC1. The van der Waals surface area contributed by atoms with Crippen LogP contribution >= 0.6 is 0 Å². The molecule has 20 heavy (non-hydrogen) atoms. The fourth-order valence-corrected chi connectivity index (χ4v) is 3.71. The van der Waals surface area contributed by atoms with Crippen molar-refractivity contribution in [1.29, 1.82) is 0 Å². The molecular weight excluding hydrogens is 252 g/mol. The van der Waals surface area contributed by atoms with E-state index in [1.807, 2.05) is 21.9 Å². The van der Waals surface area contributed by atoms with Crippen molar-refractivity contribution in [2.45, 2.75) is 32.1 Å². The zero-order valence-corrected chi connectivity index (χ0v) is 11.5. The van der Waals surface area contributed by atoms with E-state index in [2.05, 4.69) is 0 Å². The van der Waals surface area contributed by atoms with Crippen molar-refractivity contribution in [3.8, 4) is 0 Å². The number of hydrogen-bond donors (Lipinski definition) is 0. The summed E-state index contributed by atoms with van der Waals surface area (Å²) in [5.74, 6) is 0.324. The predicted octanol–water partition coefficient (Wildman–Crippen LogP) is 1.76. The second-order valence-electron chi connectivity index (χ2n) is 5.97. The minimum absolute atomic E-state index is 0.137. The Morgan fingerprint density at radius 1 is 1.00 bits per heavy atom. The zero-order chi connectivity index (χ0) is 13.7. The first-order chi connectivity index (χ1) is 9.74. The molecule has 4 heteroatoms. The van der Waals surface area contributed by atoms with Gasteiger partial charge in [0.05, 0.1) is 12.1 Å². The van der Waals surface area contributed by atoms with Crippen LogP contribution in [0.25, 0.3) is 0 Å². The molecule has 0 bridgehead atoms. The Bertz CT molecular complexity index is 603. The second kappa shape index (κ2) is 4.33. The Morgan fingerprint density at radius 2 is 1.75 bits per heavy atom. The van der Waals surface area contributed by atoms with Crippen molar-refractivity contribution in [3.63, 3.8) is 0 Å². The van der Waals surface area contributed by atoms with E-state index in [4.69, 9.17) is 0 Å². The fourth-order valence-electron chi connectivity index (χ4n) is 3.71. The molecule has 2 amide bonds. The minimum atomic E-state index is 0.137. The number of carbonyl (C=O) groups is 2. The molecule has 0 atom stereocenters. The summed E-state index contributed by atoms with van der Waals surface area (Å²) in [5.41, 5.74) is 4.10. The van der Waals surface area contributed by atoms with Gasteiger partial charge in [0.1, 0.15) is 0 Å². The van der Waals surface area contributed by atoms with Crippen LogP contribution in [-0.4, -0.2) is 36.3 Å². The van der Waals surface area contributed by atoms with Crippen LogP contribution in [0.5, 0.6) is 0 Å². The number of anilines is 1. The monoisotopic (exact) mass is 270 g/mol. The molecule has 0 spiro atoms. The van der Waals surface area contributed by atoms with E-state index in [0.29, 0.717) is 6.42 Å². The van der Waals surface area contributed by atoms with E-state index in [1.54, 1.807) is 0 Å². The summed E-state index contributed by atoms with van der Waals surface area (Å²) in [6.07, 6.45) is 4.65. The average Bonchev–Trinajstić information content (AvgIpc) is 3.08. The molecule has 3 aliphatic heterocycles. The molecule has 0 unspecified atom stereocenters. The number of rotatable bonds is 1. The standard InChI is InChI=1S/C16H18N2O2/c19-14-10-12-9-13(16(20)17-5-1-2-6-17)8-11-4-3-7-18(14)15(11)12/h8-9H,1-7,10H2. The molecule has 1 saturated heterocycles. The largest absolute Gasteiger partial charge is 0.339 e. The first-order valence-corrected chi connectivity index (χ1v) is 7.49. The summed E-state index contributed by atoms with van der Waals surface area (Å²) < 4.78 is 0. The molecular formula is C16H18N2O2. The smallest absolute Gasteiger partial charge is 0.253 e. The lowest BCUT2D eigenvalue weighted by Gasteiger charge is -2.26. The van der Waals surface area contributed by atoms with Gasteiger partial charge in [0.25, 0.3) is 5.91 Å². The van der Waals surface area contributed by atoms with E-state index in [0.717, 1.165) is 62.1 Å². The normalized spacial score (nSPS) is 20.5. The Labute approximate surface area is 118 Å². The van der Waals surface area contributed by atoms with Crippen LogP contribution in [0.15, 0.2) is 12.1 Å². The van der Waals surface area contributed by atoms with Crippen LogP contribution in [0, 0.1) is 0 Å². The molecule has 4 rings (SSSR count). The minimum Gasteiger partial charge on any atom is -0.339 e. The molecule has 1 aromatic carbocycles. The highest BCUT2D eigenvalue weighted by molar-refractivity contribution is 6.04. The zero-order valence-electron chi connectivity index (χ0n) is 11.5. The molecule has 3 aliphatic rings. The maximum absolute atomic E-state index is 12.5. The number of likely N-dealkylation sites (tertiary alicyclic amines) is 1. The maximum atomic E-state index is 12.5. The third-order valence-electron chi connectivity index (χ3n) is 4.65. The topological polar surface area (TPSA) is 40.6 Å². The van der Waals surface area contributed by atoms with Crippen LogP contribution in [0.1, 0.15) is 40.7 Å². The van der Waals surface area contributed by atoms with Crippen LogP contribution in [-0.2, 0) is 17.6 Å². The number of amides is 2. The molecule has 0 aliphatic carbocycles. The molecule has 1 aromatic rings. The number of aryl methyl sites for hydroxylation is 1. The number of carbonyl (C=O) groups excluding carboxylic acids is 2. The van der Waals surface area contributed by atoms with Crippen molar-refractivity contribution in [1.82, 2.24) is 4.90 Å². The van der Waals surface area contributed by atoms with Crippen LogP contribution in [0.2, 0.25) is 0 Å². The maximum Gasteiger partial charge on any atom is 0.253 e. The van der Waals surface area contributed by atoms with Gasteiger partial charge in [-0.25, -0.2) is 0 Å². The van der Waals surface area contributed by atoms with Gasteiger partial charge in [-0.15, -0.1) is 0 Å². The second-order valence-corrected chi connectivity index (χ2v) is 5.97. The summed E-state index contributed by atoms with van der Waals surface area (Å²) >= 11 is 0. The highest BCUT2D eigenvalue weighted by Crippen LogP contribution is 2.37. The lowest BCUT2D eigenvalue weighted by molar-refractivity contribution is -0.117. The van der Waals surface area contributed by atoms with Gasteiger partial charge in [-0.05, 0) is 48.9 Å². The van der Waals surface area contributed by atoms with Gasteiger partial charge < -0.3 is 9.80 Å². The van der Waals surface area contributed by atoms with Crippen LogP contribution < -0.4 is 4.90 Å². The predicted molar refractivity (Wildman–Crippen MR) is 76.0 cm³/mol. The lowest BCUT2D eigenvalue weighted by Crippen LogP contribution is -2.31. The van der Waals surface area contributed by atoms with Gasteiger partial charge in [0, 0.05) is 25.2 Å². The molecule has 104 valence electrons. The lowest BCUT2D eigenvalue weighted by atomic mass is 9.96. The number of benzene rings is 1. The summed E-state index contributed by atoms with van der Waals surface area (Å²) in [4.78, 5) is 28.4. The average molecular weight is 270 g/mol. The van der Waals surface area contributed by atoms with E-state index >= 15 is 0 Å². The van der Waals surface area contributed by atoms with E-state index in [-0.39, 0.29) is 11.8 Å². The van der Waals surface area contributed by atoms with E-state index in [9.17, 15) is 9.59 Å². The summed E-state index contributed by atoms with van der Waals surface area (Å²) in [5, 5.41) is 0. The van der Waals surface area contributed by atoms with E-state index in [1.165, 1.54) is 5.56 Å². The van der Waals surface area contributed by atoms with E-state index < -0.39 is 0 Å². The van der Waals surface area contributed by atoms with Crippen molar-refractivity contribution in [2.75, 3.05) is 24.5 Å². The molecule has 1 fully saturated rings. The number of nitrogens with zero attached hydrogens (tertiary/aromatic N) is 2. The highest BCUT2D eigenvalue weighted by Gasteiger charge is 2.33.